The molecule has 4 nitrogen and oxygen atoms in total. The quantitative estimate of drug-likeness (QED) is 0.824. The van der Waals surface area contributed by atoms with Crippen LogP contribution in [0.1, 0.15) is 21.5 Å². The van der Waals surface area contributed by atoms with Crippen LogP contribution < -0.4 is 0 Å². The number of likely N-dealkylation sites (N-methyl/N-ethyl adjacent to an activating group) is 1. The Morgan fingerprint density at radius 2 is 2.21 bits per heavy atom. The Bertz CT molecular complexity index is 500. The van der Waals surface area contributed by atoms with Gasteiger partial charge < -0.3 is 14.7 Å². The number of nitrogens with zero attached hydrogens (tertiary/aromatic N) is 1. The highest BCUT2D eigenvalue weighted by Gasteiger charge is 2.14. The van der Waals surface area contributed by atoms with E-state index in [1.165, 1.54) is 0 Å². The van der Waals surface area contributed by atoms with Crippen LogP contribution in [-0.2, 0) is 4.74 Å². The zero-order chi connectivity index (χ0) is 14.3. The van der Waals surface area contributed by atoms with E-state index in [0.29, 0.717) is 18.7 Å². The Kier molecular flexibility index (Phi) is 6.07. The van der Waals surface area contributed by atoms with E-state index in [1.807, 2.05) is 13.0 Å². The fraction of sp³-hybridized carbons (Fsp3) is 0.400. The van der Waals surface area contributed by atoms with Gasteiger partial charge in [0.1, 0.15) is 6.61 Å². The Morgan fingerprint density at radius 3 is 2.84 bits per heavy atom. The third kappa shape index (κ3) is 4.09. The minimum atomic E-state index is -0.189. The SMILES string of the molecule is COCCN(C)C(=O)c1cccc(C#CCO)c1C. The molecule has 0 spiro atoms. The normalized spacial score (nSPS) is 9.68. The van der Waals surface area contributed by atoms with E-state index in [0.717, 1.165) is 11.1 Å². The van der Waals surface area contributed by atoms with Gasteiger partial charge in [0.25, 0.3) is 5.91 Å². The first-order valence-corrected chi connectivity index (χ1v) is 6.05. The van der Waals surface area contributed by atoms with Gasteiger partial charge in [-0.3, -0.25) is 4.79 Å². The van der Waals surface area contributed by atoms with Crippen molar-refractivity contribution >= 4 is 5.91 Å². The molecule has 0 atom stereocenters. The third-order valence-corrected chi connectivity index (χ3v) is 2.84. The van der Waals surface area contributed by atoms with Gasteiger partial charge in [-0.15, -0.1) is 0 Å². The Hall–Kier alpha value is -1.83. The summed E-state index contributed by atoms with van der Waals surface area (Å²) in [7, 11) is 3.35. The van der Waals surface area contributed by atoms with Crippen molar-refractivity contribution in [3.8, 4) is 11.8 Å². The number of ether oxygens (including phenoxy) is 1. The lowest BCUT2D eigenvalue weighted by atomic mass is 10.0. The maximum atomic E-state index is 12.3. The average Bonchev–Trinajstić information content (AvgIpc) is 2.43. The van der Waals surface area contributed by atoms with Gasteiger partial charge in [-0.25, -0.2) is 0 Å². The van der Waals surface area contributed by atoms with Crippen molar-refractivity contribution in [2.24, 2.45) is 0 Å². The largest absolute Gasteiger partial charge is 0.384 e. The van der Waals surface area contributed by atoms with Crippen molar-refractivity contribution in [3.05, 3.63) is 34.9 Å². The highest BCUT2D eigenvalue weighted by Crippen LogP contribution is 2.14. The second kappa shape index (κ2) is 7.57. The zero-order valence-electron chi connectivity index (χ0n) is 11.6. The molecule has 0 saturated carbocycles. The van der Waals surface area contributed by atoms with Crippen LogP contribution in [0.25, 0.3) is 0 Å². The molecule has 1 aromatic carbocycles. The monoisotopic (exact) mass is 261 g/mol. The number of hydrogen-bond acceptors (Lipinski definition) is 3. The van der Waals surface area contributed by atoms with Gasteiger partial charge >= 0.3 is 0 Å². The van der Waals surface area contributed by atoms with Gasteiger partial charge in [0, 0.05) is 31.8 Å². The summed E-state index contributed by atoms with van der Waals surface area (Å²) < 4.78 is 4.96. The number of aliphatic hydroxyl groups excluding tert-OH is 1. The second-order valence-corrected chi connectivity index (χ2v) is 4.16. The smallest absolute Gasteiger partial charge is 0.253 e. The van der Waals surface area contributed by atoms with Crippen molar-refractivity contribution in [3.63, 3.8) is 0 Å². The number of carbonyl (C=O) groups excluding carboxylic acids is 1. The molecule has 0 aromatic heterocycles. The number of aliphatic hydroxyl groups is 1. The lowest BCUT2D eigenvalue weighted by Gasteiger charge is -2.18. The predicted molar refractivity (Wildman–Crippen MR) is 74.0 cm³/mol. The molecule has 0 aliphatic rings. The molecule has 4 heteroatoms. The fourth-order valence-corrected chi connectivity index (χ4v) is 1.67. The minimum Gasteiger partial charge on any atom is -0.384 e. The predicted octanol–water partition coefficient (Wildman–Crippen LogP) is 1.06. The Labute approximate surface area is 114 Å². The van der Waals surface area contributed by atoms with Gasteiger partial charge in [-0.05, 0) is 24.6 Å². The molecule has 102 valence electrons. The summed E-state index contributed by atoms with van der Waals surface area (Å²) in [6, 6.07) is 5.42. The summed E-state index contributed by atoms with van der Waals surface area (Å²) in [4.78, 5) is 13.9. The lowest BCUT2D eigenvalue weighted by Crippen LogP contribution is -2.30. The second-order valence-electron chi connectivity index (χ2n) is 4.16. The molecule has 0 aliphatic heterocycles. The summed E-state index contributed by atoms with van der Waals surface area (Å²) in [5.41, 5.74) is 2.22. The summed E-state index contributed by atoms with van der Waals surface area (Å²) in [6.07, 6.45) is 0. The van der Waals surface area contributed by atoms with Gasteiger partial charge in [-0.1, -0.05) is 17.9 Å². The molecule has 0 bridgehead atoms. The Balaban J connectivity index is 2.97. The molecule has 0 radical (unpaired) electrons. The molecule has 1 aromatic rings. The molecule has 1 amide bonds. The summed E-state index contributed by atoms with van der Waals surface area (Å²) in [5, 5.41) is 8.72. The van der Waals surface area contributed by atoms with Crippen molar-refractivity contribution in [1.29, 1.82) is 0 Å². The van der Waals surface area contributed by atoms with E-state index in [-0.39, 0.29) is 12.5 Å². The van der Waals surface area contributed by atoms with Gasteiger partial charge in [0.15, 0.2) is 0 Å². The molecule has 1 rings (SSSR count). The van der Waals surface area contributed by atoms with E-state index >= 15 is 0 Å². The first kappa shape index (κ1) is 15.2. The molecule has 0 fully saturated rings. The number of benzene rings is 1. The van der Waals surface area contributed by atoms with E-state index in [9.17, 15) is 4.79 Å². The van der Waals surface area contributed by atoms with Crippen LogP contribution in [0, 0.1) is 18.8 Å². The molecule has 1 N–H and O–H groups in total. The van der Waals surface area contributed by atoms with E-state index in [2.05, 4.69) is 11.8 Å². The third-order valence-electron chi connectivity index (χ3n) is 2.84. The molecular weight excluding hydrogens is 242 g/mol. The maximum Gasteiger partial charge on any atom is 0.253 e. The van der Waals surface area contributed by atoms with E-state index in [1.54, 1.807) is 31.2 Å². The van der Waals surface area contributed by atoms with Crippen LogP contribution in [0.2, 0.25) is 0 Å². The van der Waals surface area contributed by atoms with Crippen LogP contribution in [0.3, 0.4) is 0 Å². The maximum absolute atomic E-state index is 12.3. The molecule has 0 saturated heterocycles. The highest BCUT2D eigenvalue weighted by atomic mass is 16.5. The first-order valence-electron chi connectivity index (χ1n) is 6.05. The van der Waals surface area contributed by atoms with Crippen molar-refractivity contribution in [1.82, 2.24) is 4.90 Å². The van der Waals surface area contributed by atoms with Crippen molar-refractivity contribution < 1.29 is 14.6 Å². The number of rotatable bonds is 4. The molecule has 0 unspecified atom stereocenters. The van der Waals surface area contributed by atoms with Crippen molar-refractivity contribution in [2.45, 2.75) is 6.92 Å². The topological polar surface area (TPSA) is 49.8 Å². The fourth-order valence-electron chi connectivity index (χ4n) is 1.67. The molecule has 19 heavy (non-hydrogen) atoms. The highest BCUT2D eigenvalue weighted by molar-refractivity contribution is 5.96. The van der Waals surface area contributed by atoms with E-state index < -0.39 is 0 Å². The molecule has 0 heterocycles. The first-order chi connectivity index (χ1) is 9.11. The van der Waals surface area contributed by atoms with Gasteiger partial charge in [0.05, 0.1) is 6.61 Å². The summed E-state index contributed by atoms with van der Waals surface area (Å²) in [5.74, 6) is 5.39. The molecule has 0 aliphatic carbocycles. The zero-order valence-corrected chi connectivity index (χ0v) is 11.6. The molecular formula is C15H19NO3. The summed E-state index contributed by atoms with van der Waals surface area (Å²) >= 11 is 0. The van der Waals surface area contributed by atoms with Crippen LogP contribution in [0.15, 0.2) is 18.2 Å². The standard InChI is InChI=1S/C15H19NO3/c1-12-13(7-5-10-17)6-4-8-14(12)15(18)16(2)9-11-19-3/h4,6,8,17H,9-11H2,1-3H3. The summed E-state index contributed by atoms with van der Waals surface area (Å²) in [6.45, 7) is 2.72. The van der Waals surface area contributed by atoms with Crippen molar-refractivity contribution in [2.75, 3.05) is 33.9 Å². The van der Waals surface area contributed by atoms with Gasteiger partial charge in [-0.2, -0.15) is 0 Å². The number of methoxy groups -OCH3 is 1. The Morgan fingerprint density at radius 1 is 1.47 bits per heavy atom. The minimum absolute atomic E-state index is 0.0535. The van der Waals surface area contributed by atoms with Gasteiger partial charge in [0.2, 0.25) is 0 Å². The van der Waals surface area contributed by atoms with Crippen LogP contribution >= 0.6 is 0 Å². The van der Waals surface area contributed by atoms with Crippen LogP contribution in [0.5, 0.6) is 0 Å². The lowest BCUT2D eigenvalue weighted by molar-refractivity contribution is 0.0743. The average molecular weight is 261 g/mol. The number of carbonyl (C=O) groups is 1. The van der Waals surface area contributed by atoms with Crippen LogP contribution in [-0.4, -0.2) is 49.8 Å². The number of hydrogen-bond donors (Lipinski definition) is 1. The van der Waals surface area contributed by atoms with Crippen LogP contribution in [0.4, 0.5) is 0 Å². The van der Waals surface area contributed by atoms with E-state index in [4.69, 9.17) is 9.84 Å². The number of amides is 1.